The van der Waals surface area contributed by atoms with Crippen LogP contribution in [0.3, 0.4) is 0 Å². The second kappa shape index (κ2) is 9.48. The van der Waals surface area contributed by atoms with Crippen LogP contribution >= 0.6 is 0 Å². The van der Waals surface area contributed by atoms with Gasteiger partial charge in [0.15, 0.2) is 12.9 Å². The van der Waals surface area contributed by atoms with Gasteiger partial charge in [0.1, 0.15) is 5.75 Å². The normalized spacial score (nSPS) is 11.3. The number of hydrogen-bond donors (Lipinski definition) is 1. The number of rotatable bonds is 9. The van der Waals surface area contributed by atoms with E-state index in [-0.39, 0.29) is 11.5 Å². The van der Waals surface area contributed by atoms with E-state index < -0.39 is 15.9 Å². The maximum atomic E-state index is 12.7. The van der Waals surface area contributed by atoms with Crippen LogP contribution in [0.25, 0.3) is 0 Å². The lowest BCUT2D eigenvalue weighted by Gasteiger charge is -2.19. The minimum Gasteiger partial charge on any atom is -0.483 e. The molecular formula is C20H24N2O5S. The number of ether oxygens (including phenoxy) is 1. The van der Waals surface area contributed by atoms with Crippen LogP contribution in [0.5, 0.6) is 5.75 Å². The number of aldehydes is 1. The number of aryl methyl sites for hydroxylation is 1. The molecule has 2 aromatic carbocycles. The van der Waals surface area contributed by atoms with Crippen molar-refractivity contribution >= 4 is 27.9 Å². The summed E-state index contributed by atoms with van der Waals surface area (Å²) in [4.78, 5) is 23.4. The van der Waals surface area contributed by atoms with Gasteiger partial charge in [-0.05, 0) is 36.8 Å². The van der Waals surface area contributed by atoms with E-state index in [1.807, 2.05) is 0 Å². The fourth-order valence-electron chi connectivity index (χ4n) is 2.65. The highest BCUT2D eigenvalue weighted by Crippen LogP contribution is 2.23. The molecule has 2 aromatic rings. The van der Waals surface area contributed by atoms with Gasteiger partial charge in [0, 0.05) is 18.8 Å². The van der Waals surface area contributed by atoms with Crippen molar-refractivity contribution < 1.29 is 22.7 Å². The molecule has 0 saturated carbocycles. The first-order valence-corrected chi connectivity index (χ1v) is 10.3. The maximum absolute atomic E-state index is 12.7. The minimum absolute atomic E-state index is 0.115. The zero-order valence-electron chi connectivity index (χ0n) is 16.1. The first kappa shape index (κ1) is 21.6. The number of anilines is 1. The Morgan fingerprint density at radius 1 is 1.14 bits per heavy atom. The van der Waals surface area contributed by atoms with Crippen molar-refractivity contribution in [2.75, 3.05) is 25.0 Å². The lowest BCUT2D eigenvalue weighted by atomic mass is 10.2. The molecule has 150 valence electrons. The molecule has 0 aromatic heterocycles. The van der Waals surface area contributed by atoms with Crippen LogP contribution in [0.15, 0.2) is 47.4 Å². The number of sulfonamides is 1. The summed E-state index contributed by atoms with van der Waals surface area (Å²) in [6.45, 7) is 5.72. The predicted molar refractivity (Wildman–Crippen MR) is 107 cm³/mol. The fourth-order valence-corrected chi connectivity index (χ4v) is 4.13. The number of carbonyl (C=O) groups is 2. The number of para-hydroxylation sites is 1. The van der Waals surface area contributed by atoms with Crippen molar-refractivity contribution in [3.05, 3.63) is 53.6 Å². The third-order valence-electron chi connectivity index (χ3n) is 4.23. The van der Waals surface area contributed by atoms with Crippen molar-refractivity contribution in [2.45, 2.75) is 25.7 Å². The van der Waals surface area contributed by atoms with Crippen molar-refractivity contribution in [1.82, 2.24) is 4.31 Å². The molecule has 1 amide bonds. The molecule has 0 aliphatic rings. The zero-order chi connectivity index (χ0) is 20.7. The van der Waals surface area contributed by atoms with Crippen LogP contribution in [-0.4, -0.2) is 44.6 Å². The lowest BCUT2D eigenvalue weighted by Crippen LogP contribution is -2.30. The number of nitrogens with zero attached hydrogens (tertiary/aromatic N) is 1. The van der Waals surface area contributed by atoms with E-state index >= 15 is 0 Å². The lowest BCUT2D eigenvalue weighted by molar-refractivity contribution is -0.118. The van der Waals surface area contributed by atoms with E-state index in [2.05, 4.69) is 5.32 Å². The van der Waals surface area contributed by atoms with Crippen LogP contribution in [0.1, 0.15) is 29.8 Å². The summed E-state index contributed by atoms with van der Waals surface area (Å²) in [5, 5.41) is 2.67. The van der Waals surface area contributed by atoms with E-state index in [1.54, 1.807) is 51.1 Å². The maximum Gasteiger partial charge on any atom is 0.262 e. The monoisotopic (exact) mass is 404 g/mol. The smallest absolute Gasteiger partial charge is 0.262 e. The Hall–Kier alpha value is -2.71. The SMILES string of the molecule is CCN(CC)S(=O)(=O)c1ccc(C)c(NC(=O)COc2ccccc2C=O)c1. The number of amides is 1. The van der Waals surface area contributed by atoms with Gasteiger partial charge in [-0.15, -0.1) is 0 Å². The largest absolute Gasteiger partial charge is 0.483 e. The molecule has 1 N–H and O–H groups in total. The Kier molecular flexibility index (Phi) is 7.31. The summed E-state index contributed by atoms with van der Waals surface area (Å²) in [7, 11) is -3.63. The molecule has 0 atom stereocenters. The average Bonchev–Trinajstić information content (AvgIpc) is 2.68. The molecule has 0 aliphatic heterocycles. The number of hydrogen-bond acceptors (Lipinski definition) is 5. The quantitative estimate of drug-likeness (QED) is 0.649. The van der Waals surface area contributed by atoms with E-state index in [0.29, 0.717) is 36.4 Å². The zero-order valence-corrected chi connectivity index (χ0v) is 17.0. The highest BCUT2D eigenvalue weighted by molar-refractivity contribution is 7.89. The average molecular weight is 404 g/mol. The minimum atomic E-state index is -3.63. The molecule has 0 aliphatic carbocycles. The summed E-state index contributed by atoms with van der Waals surface area (Å²) in [5.41, 5.74) is 1.46. The van der Waals surface area contributed by atoms with Crippen LogP contribution in [-0.2, 0) is 14.8 Å². The van der Waals surface area contributed by atoms with Gasteiger partial charge in [0.05, 0.1) is 10.5 Å². The van der Waals surface area contributed by atoms with Crippen molar-refractivity contribution in [3.8, 4) is 5.75 Å². The Labute approximate surface area is 165 Å². The van der Waals surface area contributed by atoms with E-state index in [9.17, 15) is 18.0 Å². The molecule has 0 bridgehead atoms. The van der Waals surface area contributed by atoms with Gasteiger partial charge in [-0.1, -0.05) is 32.0 Å². The van der Waals surface area contributed by atoms with Gasteiger partial charge in [-0.2, -0.15) is 4.31 Å². The Bertz CT molecular complexity index is 953. The van der Waals surface area contributed by atoms with Gasteiger partial charge in [-0.25, -0.2) is 8.42 Å². The molecule has 0 spiro atoms. The molecule has 0 heterocycles. The van der Waals surface area contributed by atoms with Gasteiger partial charge in [0.25, 0.3) is 5.91 Å². The summed E-state index contributed by atoms with van der Waals surface area (Å²) < 4.78 is 32.1. The van der Waals surface area contributed by atoms with Gasteiger partial charge >= 0.3 is 0 Å². The molecule has 2 rings (SSSR count). The summed E-state index contributed by atoms with van der Waals surface area (Å²) >= 11 is 0. The van der Waals surface area contributed by atoms with Gasteiger partial charge < -0.3 is 10.1 Å². The van der Waals surface area contributed by atoms with Crippen LogP contribution in [0.4, 0.5) is 5.69 Å². The first-order chi connectivity index (χ1) is 13.3. The number of benzene rings is 2. The number of carbonyl (C=O) groups excluding carboxylic acids is 2. The second-order valence-corrected chi connectivity index (χ2v) is 8.00. The van der Waals surface area contributed by atoms with E-state index in [4.69, 9.17) is 4.74 Å². The predicted octanol–water partition coefficient (Wildman–Crippen LogP) is 2.86. The van der Waals surface area contributed by atoms with Crippen molar-refractivity contribution in [3.63, 3.8) is 0 Å². The highest BCUT2D eigenvalue weighted by Gasteiger charge is 2.22. The van der Waals surface area contributed by atoms with E-state index in [1.165, 1.54) is 16.4 Å². The van der Waals surface area contributed by atoms with Crippen LogP contribution in [0.2, 0.25) is 0 Å². The second-order valence-electron chi connectivity index (χ2n) is 6.06. The van der Waals surface area contributed by atoms with Crippen LogP contribution in [0, 0.1) is 6.92 Å². The molecular weight excluding hydrogens is 380 g/mol. The van der Waals surface area contributed by atoms with Gasteiger partial charge in [-0.3, -0.25) is 9.59 Å². The standard InChI is InChI=1S/C20H24N2O5S/c1-4-22(5-2)28(25,26)17-11-10-15(3)18(12-17)21-20(24)14-27-19-9-7-6-8-16(19)13-23/h6-13H,4-5,14H2,1-3H3,(H,21,24). The van der Waals surface area contributed by atoms with E-state index in [0.717, 1.165) is 5.56 Å². The summed E-state index contributed by atoms with van der Waals surface area (Å²) in [6, 6.07) is 11.2. The Balaban J connectivity index is 2.15. The van der Waals surface area contributed by atoms with Crippen LogP contribution < -0.4 is 10.1 Å². The Morgan fingerprint density at radius 2 is 1.82 bits per heavy atom. The molecule has 28 heavy (non-hydrogen) atoms. The fraction of sp³-hybridized carbons (Fsp3) is 0.300. The molecule has 8 heteroatoms. The third-order valence-corrected chi connectivity index (χ3v) is 6.28. The third kappa shape index (κ3) is 4.96. The molecule has 0 unspecified atom stereocenters. The summed E-state index contributed by atoms with van der Waals surface area (Å²) in [6.07, 6.45) is 0.652. The molecule has 7 nitrogen and oxygen atoms in total. The van der Waals surface area contributed by atoms with Crippen molar-refractivity contribution in [1.29, 1.82) is 0 Å². The molecule has 0 radical (unpaired) electrons. The first-order valence-electron chi connectivity index (χ1n) is 8.91. The number of nitrogens with one attached hydrogen (secondary N) is 1. The molecule has 0 saturated heterocycles. The Morgan fingerprint density at radius 3 is 2.46 bits per heavy atom. The topological polar surface area (TPSA) is 92.8 Å². The highest BCUT2D eigenvalue weighted by atomic mass is 32.2. The van der Waals surface area contributed by atoms with Gasteiger partial charge in [0.2, 0.25) is 10.0 Å². The summed E-state index contributed by atoms with van der Waals surface area (Å²) in [5.74, 6) is -0.150. The van der Waals surface area contributed by atoms with Crippen molar-refractivity contribution in [2.24, 2.45) is 0 Å². The molecule has 0 fully saturated rings.